The Bertz CT molecular complexity index is 422. The van der Waals surface area contributed by atoms with Gasteiger partial charge in [-0.2, -0.15) is 0 Å². The van der Waals surface area contributed by atoms with E-state index >= 15 is 0 Å². The monoisotopic (exact) mass is 261 g/mol. The van der Waals surface area contributed by atoms with Gasteiger partial charge < -0.3 is 10.4 Å². The highest BCUT2D eigenvalue weighted by Crippen LogP contribution is 2.14. The minimum atomic E-state index is -0.857. The smallest absolute Gasteiger partial charge is 0.244 e. The number of aliphatic hydroxyl groups is 1. The van der Waals surface area contributed by atoms with Crippen molar-refractivity contribution in [3.8, 4) is 0 Å². The summed E-state index contributed by atoms with van der Waals surface area (Å²) in [7, 11) is 0. The van der Waals surface area contributed by atoms with Gasteiger partial charge in [0, 0.05) is 12.6 Å². The maximum absolute atomic E-state index is 11.6. The summed E-state index contributed by atoms with van der Waals surface area (Å²) < 4.78 is 0. The molecule has 1 atom stereocenters. The second-order valence-electron chi connectivity index (χ2n) is 5.56. The van der Waals surface area contributed by atoms with Crippen LogP contribution in [0.5, 0.6) is 0 Å². The molecule has 0 radical (unpaired) electrons. The van der Waals surface area contributed by atoms with E-state index in [1.54, 1.807) is 13.0 Å². The molecule has 1 unspecified atom stereocenters. The average Bonchev–Trinajstić information content (AvgIpc) is 2.34. The van der Waals surface area contributed by atoms with Crippen molar-refractivity contribution in [1.82, 2.24) is 5.32 Å². The second-order valence-corrected chi connectivity index (χ2v) is 5.56. The molecule has 1 aromatic rings. The first kappa shape index (κ1) is 15.4. The molecule has 1 amide bonds. The van der Waals surface area contributed by atoms with Crippen LogP contribution in [0.25, 0.3) is 6.08 Å². The predicted molar refractivity (Wildman–Crippen MR) is 78.6 cm³/mol. The van der Waals surface area contributed by atoms with Gasteiger partial charge in [0.25, 0.3) is 0 Å². The number of nitrogens with one attached hydrogen (secondary N) is 1. The zero-order valence-electron chi connectivity index (χ0n) is 11.9. The highest BCUT2D eigenvalue weighted by atomic mass is 16.3. The number of hydrogen-bond donors (Lipinski definition) is 2. The van der Waals surface area contributed by atoms with E-state index in [9.17, 15) is 9.90 Å². The zero-order valence-corrected chi connectivity index (χ0v) is 11.9. The molecular formula is C16H23NO2. The molecule has 0 fully saturated rings. The molecule has 0 aromatic heterocycles. The van der Waals surface area contributed by atoms with Crippen molar-refractivity contribution in [3.05, 3.63) is 42.0 Å². The summed E-state index contributed by atoms with van der Waals surface area (Å²) in [6.45, 7) is 6.11. The molecule has 104 valence electrons. The van der Waals surface area contributed by atoms with Gasteiger partial charge in [0.2, 0.25) is 5.91 Å². The Balaban J connectivity index is 2.42. The summed E-state index contributed by atoms with van der Waals surface area (Å²) >= 11 is 0. The van der Waals surface area contributed by atoms with E-state index in [-0.39, 0.29) is 12.5 Å². The Kier molecular flexibility index (Phi) is 5.77. The van der Waals surface area contributed by atoms with Crippen molar-refractivity contribution in [1.29, 1.82) is 0 Å². The van der Waals surface area contributed by atoms with Gasteiger partial charge in [-0.25, -0.2) is 0 Å². The summed E-state index contributed by atoms with van der Waals surface area (Å²) in [6, 6.07) is 9.63. The molecule has 1 rings (SSSR count). The number of amides is 1. The first-order valence-electron chi connectivity index (χ1n) is 6.62. The number of benzene rings is 1. The molecule has 0 heterocycles. The highest BCUT2D eigenvalue weighted by molar-refractivity contribution is 5.91. The Morgan fingerprint density at radius 2 is 2.00 bits per heavy atom. The van der Waals surface area contributed by atoms with Crippen molar-refractivity contribution in [2.24, 2.45) is 5.92 Å². The molecule has 0 saturated carbocycles. The van der Waals surface area contributed by atoms with Crippen LogP contribution < -0.4 is 5.32 Å². The summed E-state index contributed by atoms with van der Waals surface area (Å²) in [4.78, 5) is 11.6. The summed E-state index contributed by atoms with van der Waals surface area (Å²) in [5.74, 6) is 0.208. The third kappa shape index (κ3) is 6.77. The molecular weight excluding hydrogens is 238 g/mol. The van der Waals surface area contributed by atoms with E-state index in [1.807, 2.05) is 44.2 Å². The molecule has 0 spiro atoms. The van der Waals surface area contributed by atoms with Gasteiger partial charge in [0.1, 0.15) is 0 Å². The van der Waals surface area contributed by atoms with Crippen LogP contribution in [0.3, 0.4) is 0 Å². The minimum Gasteiger partial charge on any atom is -0.388 e. The van der Waals surface area contributed by atoms with Crippen LogP contribution in [0.15, 0.2) is 36.4 Å². The Morgan fingerprint density at radius 3 is 2.58 bits per heavy atom. The van der Waals surface area contributed by atoms with Crippen molar-refractivity contribution in [2.45, 2.75) is 32.8 Å². The van der Waals surface area contributed by atoms with E-state index < -0.39 is 5.60 Å². The Labute approximate surface area is 115 Å². The van der Waals surface area contributed by atoms with Crippen LogP contribution in [0.4, 0.5) is 0 Å². The molecule has 0 aliphatic carbocycles. The molecule has 0 bridgehead atoms. The molecule has 0 aliphatic heterocycles. The van der Waals surface area contributed by atoms with E-state index in [0.717, 1.165) is 5.56 Å². The number of carbonyl (C=O) groups is 1. The van der Waals surface area contributed by atoms with Gasteiger partial charge in [0.15, 0.2) is 0 Å². The SMILES string of the molecule is CC(C)CC(C)(O)CNC(=O)C=Cc1ccccc1. The van der Waals surface area contributed by atoms with Crippen molar-refractivity contribution < 1.29 is 9.90 Å². The third-order valence-corrected chi connectivity index (χ3v) is 2.72. The number of rotatable bonds is 6. The summed E-state index contributed by atoms with van der Waals surface area (Å²) in [6.07, 6.45) is 3.91. The second kappa shape index (κ2) is 7.10. The fourth-order valence-electron chi connectivity index (χ4n) is 2.02. The van der Waals surface area contributed by atoms with E-state index in [4.69, 9.17) is 0 Å². The van der Waals surface area contributed by atoms with E-state index in [1.165, 1.54) is 6.08 Å². The zero-order chi connectivity index (χ0) is 14.3. The van der Waals surface area contributed by atoms with Gasteiger partial charge in [0.05, 0.1) is 5.60 Å². The molecule has 2 N–H and O–H groups in total. The lowest BCUT2D eigenvalue weighted by Crippen LogP contribution is -2.40. The molecule has 1 aromatic carbocycles. The van der Waals surface area contributed by atoms with Gasteiger partial charge in [-0.05, 0) is 30.9 Å². The topological polar surface area (TPSA) is 49.3 Å². The molecule has 0 aliphatic rings. The summed E-state index contributed by atoms with van der Waals surface area (Å²) in [5.41, 5.74) is 0.122. The van der Waals surface area contributed by atoms with Crippen molar-refractivity contribution >= 4 is 12.0 Å². The lowest BCUT2D eigenvalue weighted by atomic mass is 9.94. The largest absolute Gasteiger partial charge is 0.388 e. The molecule has 19 heavy (non-hydrogen) atoms. The maximum atomic E-state index is 11.6. The lowest BCUT2D eigenvalue weighted by Gasteiger charge is -2.25. The standard InChI is InChI=1S/C16H23NO2/c1-13(2)11-16(3,19)12-17-15(18)10-9-14-7-5-4-6-8-14/h4-10,13,19H,11-12H2,1-3H3,(H,17,18). The lowest BCUT2D eigenvalue weighted by molar-refractivity contribution is -0.117. The van der Waals surface area contributed by atoms with Crippen molar-refractivity contribution in [2.75, 3.05) is 6.54 Å². The van der Waals surface area contributed by atoms with Crippen LogP contribution in [0, 0.1) is 5.92 Å². The Morgan fingerprint density at radius 1 is 1.37 bits per heavy atom. The average molecular weight is 261 g/mol. The first-order chi connectivity index (χ1) is 8.89. The quantitative estimate of drug-likeness (QED) is 0.773. The molecule has 0 saturated heterocycles. The van der Waals surface area contributed by atoms with Gasteiger partial charge in [-0.1, -0.05) is 44.2 Å². The fraction of sp³-hybridized carbons (Fsp3) is 0.438. The highest BCUT2D eigenvalue weighted by Gasteiger charge is 2.21. The molecule has 3 nitrogen and oxygen atoms in total. The van der Waals surface area contributed by atoms with Gasteiger partial charge in [-0.15, -0.1) is 0 Å². The van der Waals surface area contributed by atoms with Gasteiger partial charge in [-0.3, -0.25) is 4.79 Å². The normalized spacial score (nSPS) is 14.6. The molecule has 3 heteroatoms. The van der Waals surface area contributed by atoms with Crippen molar-refractivity contribution in [3.63, 3.8) is 0 Å². The van der Waals surface area contributed by atoms with Crippen LogP contribution in [-0.4, -0.2) is 23.2 Å². The first-order valence-corrected chi connectivity index (χ1v) is 6.62. The third-order valence-electron chi connectivity index (χ3n) is 2.72. The maximum Gasteiger partial charge on any atom is 0.244 e. The minimum absolute atomic E-state index is 0.187. The van der Waals surface area contributed by atoms with Crippen LogP contribution in [0.1, 0.15) is 32.8 Å². The van der Waals surface area contributed by atoms with Crippen LogP contribution in [0.2, 0.25) is 0 Å². The van der Waals surface area contributed by atoms with E-state index in [0.29, 0.717) is 12.3 Å². The van der Waals surface area contributed by atoms with Crippen LogP contribution in [-0.2, 0) is 4.79 Å². The number of hydrogen-bond acceptors (Lipinski definition) is 2. The van der Waals surface area contributed by atoms with Gasteiger partial charge >= 0.3 is 0 Å². The summed E-state index contributed by atoms with van der Waals surface area (Å²) in [5, 5.41) is 12.8. The van der Waals surface area contributed by atoms with Crippen LogP contribution >= 0.6 is 0 Å². The predicted octanol–water partition coefficient (Wildman–Crippen LogP) is 2.61. The Hall–Kier alpha value is -1.61. The van der Waals surface area contributed by atoms with E-state index in [2.05, 4.69) is 5.32 Å². The number of carbonyl (C=O) groups excluding carboxylic acids is 1. The fourth-order valence-corrected chi connectivity index (χ4v) is 2.02.